The standard InChI is InChI=1S/C16H20N2O2/c17-13-10-6-7-20-15(10)14(13)18-16(19)12-8-11(12)9-4-2-1-3-5-9/h1-5,10-15H,6-8,17H2,(H,18,19). The number of hydrogen-bond acceptors (Lipinski definition) is 3. The van der Waals surface area contributed by atoms with Gasteiger partial charge >= 0.3 is 0 Å². The minimum absolute atomic E-state index is 0.0204. The molecule has 4 nitrogen and oxygen atoms in total. The summed E-state index contributed by atoms with van der Waals surface area (Å²) >= 11 is 0. The van der Waals surface area contributed by atoms with Crippen molar-refractivity contribution in [3.8, 4) is 0 Å². The molecule has 6 atom stereocenters. The van der Waals surface area contributed by atoms with E-state index in [9.17, 15) is 4.79 Å². The van der Waals surface area contributed by atoms with Crippen LogP contribution in [0.3, 0.4) is 0 Å². The summed E-state index contributed by atoms with van der Waals surface area (Å²) in [5.74, 6) is 1.09. The first kappa shape index (κ1) is 12.4. The van der Waals surface area contributed by atoms with E-state index in [2.05, 4.69) is 17.4 Å². The number of carbonyl (C=O) groups is 1. The molecule has 2 saturated carbocycles. The van der Waals surface area contributed by atoms with Crippen molar-refractivity contribution in [1.29, 1.82) is 0 Å². The summed E-state index contributed by atoms with van der Waals surface area (Å²) in [6, 6.07) is 10.4. The summed E-state index contributed by atoms with van der Waals surface area (Å²) in [4.78, 5) is 12.3. The van der Waals surface area contributed by atoms with Crippen LogP contribution < -0.4 is 11.1 Å². The van der Waals surface area contributed by atoms with Crippen LogP contribution in [0.15, 0.2) is 30.3 Å². The molecule has 1 aromatic carbocycles. The van der Waals surface area contributed by atoms with E-state index in [0.717, 1.165) is 19.4 Å². The van der Waals surface area contributed by atoms with Crippen LogP contribution in [0.1, 0.15) is 24.3 Å². The first-order valence-corrected chi connectivity index (χ1v) is 7.48. The van der Waals surface area contributed by atoms with Crippen LogP contribution in [0.4, 0.5) is 0 Å². The lowest BCUT2D eigenvalue weighted by atomic mass is 9.72. The van der Waals surface area contributed by atoms with Gasteiger partial charge in [-0.3, -0.25) is 4.79 Å². The number of ether oxygens (including phenoxy) is 1. The molecule has 3 fully saturated rings. The van der Waals surface area contributed by atoms with Crippen molar-refractivity contribution in [1.82, 2.24) is 5.32 Å². The summed E-state index contributed by atoms with van der Waals surface area (Å²) in [5, 5.41) is 3.11. The van der Waals surface area contributed by atoms with E-state index in [4.69, 9.17) is 10.5 Å². The number of amides is 1. The van der Waals surface area contributed by atoms with Crippen LogP contribution in [-0.2, 0) is 9.53 Å². The van der Waals surface area contributed by atoms with Crippen LogP contribution in [0.5, 0.6) is 0 Å². The van der Waals surface area contributed by atoms with Gasteiger partial charge in [0.2, 0.25) is 5.91 Å². The Bertz CT molecular complexity index is 518. The van der Waals surface area contributed by atoms with Gasteiger partial charge in [0.25, 0.3) is 0 Å². The Morgan fingerprint density at radius 3 is 2.90 bits per heavy atom. The third-order valence-corrected chi connectivity index (χ3v) is 5.11. The molecule has 0 spiro atoms. The molecule has 0 aromatic heterocycles. The first-order chi connectivity index (χ1) is 9.75. The predicted molar refractivity (Wildman–Crippen MR) is 75.0 cm³/mol. The third kappa shape index (κ3) is 1.86. The Morgan fingerprint density at radius 1 is 1.30 bits per heavy atom. The highest BCUT2D eigenvalue weighted by Crippen LogP contribution is 2.48. The highest BCUT2D eigenvalue weighted by Gasteiger charge is 2.54. The topological polar surface area (TPSA) is 64.3 Å². The van der Waals surface area contributed by atoms with Gasteiger partial charge in [0.05, 0.1) is 12.1 Å². The molecule has 1 aromatic rings. The average molecular weight is 272 g/mol. The monoisotopic (exact) mass is 272 g/mol. The largest absolute Gasteiger partial charge is 0.376 e. The summed E-state index contributed by atoms with van der Waals surface area (Å²) in [6.07, 6.45) is 2.14. The number of fused-ring (bicyclic) bond motifs is 1. The number of nitrogens with one attached hydrogen (secondary N) is 1. The summed E-state index contributed by atoms with van der Waals surface area (Å²) in [7, 11) is 0. The fourth-order valence-corrected chi connectivity index (χ4v) is 3.75. The predicted octanol–water partition coefficient (Wildman–Crippen LogP) is 1.02. The van der Waals surface area contributed by atoms with Crippen molar-refractivity contribution < 1.29 is 9.53 Å². The minimum atomic E-state index is 0.0204. The summed E-state index contributed by atoms with van der Waals surface area (Å²) < 4.78 is 5.65. The third-order valence-electron chi connectivity index (χ3n) is 5.11. The molecule has 1 saturated heterocycles. The van der Waals surface area contributed by atoms with Gasteiger partial charge in [-0.05, 0) is 24.3 Å². The van der Waals surface area contributed by atoms with Crippen molar-refractivity contribution in [2.24, 2.45) is 17.6 Å². The molecule has 3 aliphatic rings. The Morgan fingerprint density at radius 2 is 2.10 bits per heavy atom. The van der Waals surface area contributed by atoms with Crippen molar-refractivity contribution in [3.63, 3.8) is 0 Å². The van der Waals surface area contributed by atoms with Gasteiger partial charge in [-0.25, -0.2) is 0 Å². The van der Waals surface area contributed by atoms with Crippen LogP contribution in [-0.4, -0.2) is 30.7 Å². The van der Waals surface area contributed by atoms with Crippen molar-refractivity contribution in [2.75, 3.05) is 6.61 Å². The molecule has 0 bridgehead atoms. The first-order valence-electron chi connectivity index (χ1n) is 7.48. The van der Waals surface area contributed by atoms with E-state index >= 15 is 0 Å². The number of rotatable bonds is 3. The Hall–Kier alpha value is -1.39. The number of benzene rings is 1. The van der Waals surface area contributed by atoms with Gasteiger partial charge in [-0.1, -0.05) is 30.3 Å². The maximum atomic E-state index is 12.3. The maximum absolute atomic E-state index is 12.3. The van der Waals surface area contributed by atoms with Crippen LogP contribution in [0.25, 0.3) is 0 Å². The smallest absolute Gasteiger partial charge is 0.224 e. The molecule has 3 N–H and O–H groups in total. The number of hydrogen-bond donors (Lipinski definition) is 2. The van der Waals surface area contributed by atoms with E-state index in [-0.39, 0.29) is 30.0 Å². The van der Waals surface area contributed by atoms with Crippen LogP contribution in [0.2, 0.25) is 0 Å². The van der Waals surface area contributed by atoms with E-state index in [1.165, 1.54) is 5.56 Å². The minimum Gasteiger partial charge on any atom is -0.376 e. The van der Waals surface area contributed by atoms with Crippen LogP contribution in [0, 0.1) is 11.8 Å². The molecule has 106 valence electrons. The molecule has 6 unspecified atom stereocenters. The molecule has 1 heterocycles. The van der Waals surface area contributed by atoms with Crippen LogP contribution >= 0.6 is 0 Å². The van der Waals surface area contributed by atoms with Gasteiger partial charge in [0.15, 0.2) is 0 Å². The molecule has 0 radical (unpaired) electrons. The van der Waals surface area contributed by atoms with Gasteiger partial charge in [0.1, 0.15) is 0 Å². The number of carbonyl (C=O) groups excluding carboxylic acids is 1. The quantitative estimate of drug-likeness (QED) is 0.863. The van der Waals surface area contributed by atoms with Gasteiger partial charge in [-0.2, -0.15) is 0 Å². The van der Waals surface area contributed by atoms with E-state index in [1.54, 1.807) is 0 Å². The van der Waals surface area contributed by atoms with E-state index in [0.29, 0.717) is 11.8 Å². The highest BCUT2D eigenvalue weighted by molar-refractivity contribution is 5.83. The second-order valence-corrected chi connectivity index (χ2v) is 6.26. The molecule has 1 aliphatic heterocycles. The Balaban J connectivity index is 1.36. The lowest BCUT2D eigenvalue weighted by Gasteiger charge is -2.45. The molecule has 1 amide bonds. The average Bonchev–Trinajstić information content (AvgIpc) is 3.17. The molecule has 20 heavy (non-hydrogen) atoms. The second-order valence-electron chi connectivity index (χ2n) is 6.26. The molecular formula is C16H20N2O2. The fraction of sp³-hybridized carbons (Fsp3) is 0.562. The zero-order valence-electron chi connectivity index (χ0n) is 11.4. The zero-order chi connectivity index (χ0) is 13.7. The van der Waals surface area contributed by atoms with Gasteiger partial charge < -0.3 is 15.8 Å². The zero-order valence-corrected chi connectivity index (χ0v) is 11.4. The summed E-state index contributed by atoms with van der Waals surface area (Å²) in [5.41, 5.74) is 7.39. The van der Waals surface area contributed by atoms with Crippen molar-refractivity contribution >= 4 is 5.91 Å². The van der Waals surface area contributed by atoms with Crippen molar-refractivity contribution in [2.45, 2.75) is 36.9 Å². The number of nitrogens with two attached hydrogens (primary N) is 1. The fourth-order valence-electron chi connectivity index (χ4n) is 3.75. The van der Waals surface area contributed by atoms with Crippen molar-refractivity contribution in [3.05, 3.63) is 35.9 Å². The Kier molecular flexibility index (Phi) is 2.82. The van der Waals surface area contributed by atoms with E-state index < -0.39 is 0 Å². The van der Waals surface area contributed by atoms with E-state index in [1.807, 2.05) is 18.2 Å². The lowest BCUT2D eigenvalue weighted by molar-refractivity contribution is -0.127. The summed E-state index contributed by atoms with van der Waals surface area (Å²) in [6.45, 7) is 0.783. The molecule has 4 heteroatoms. The normalized spacial score (nSPS) is 41.6. The Labute approximate surface area is 118 Å². The molecular weight excluding hydrogens is 252 g/mol. The maximum Gasteiger partial charge on any atom is 0.224 e. The molecule has 2 aliphatic carbocycles. The highest BCUT2D eigenvalue weighted by atomic mass is 16.5. The second kappa shape index (κ2) is 4.57. The van der Waals surface area contributed by atoms with Gasteiger partial charge in [0, 0.05) is 24.5 Å². The lowest BCUT2D eigenvalue weighted by Crippen LogP contribution is -2.69. The SMILES string of the molecule is NC1C2CCOC2C1NC(=O)C1CC1c1ccccc1. The van der Waals surface area contributed by atoms with Gasteiger partial charge in [-0.15, -0.1) is 0 Å². The molecule has 4 rings (SSSR count).